The average molecular weight is 311 g/mol. The van der Waals surface area contributed by atoms with Crippen molar-refractivity contribution in [3.05, 3.63) is 54.1 Å². The smallest absolute Gasteiger partial charge is 0.238 e. The van der Waals surface area contributed by atoms with Crippen LogP contribution in [0.5, 0.6) is 0 Å². The molecule has 0 aliphatic heterocycles. The molecule has 0 bridgehead atoms. The number of hydrogen-bond acceptors (Lipinski definition) is 5. The third kappa shape index (κ3) is 4.06. The van der Waals surface area contributed by atoms with Crippen molar-refractivity contribution in [1.82, 2.24) is 10.1 Å². The van der Waals surface area contributed by atoms with E-state index in [1.54, 1.807) is 18.4 Å². The van der Waals surface area contributed by atoms with Crippen LogP contribution in [0, 0.1) is 6.92 Å². The first kappa shape index (κ1) is 15.0. The van der Waals surface area contributed by atoms with Crippen LogP contribution < -0.4 is 5.32 Å². The molecule has 6 nitrogen and oxygen atoms in total. The van der Waals surface area contributed by atoms with Gasteiger partial charge in [0.2, 0.25) is 17.6 Å². The summed E-state index contributed by atoms with van der Waals surface area (Å²) in [6.07, 6.45) is 3.14. The predicted octanol–water partition coefficient (Wildman–Crippen LogP) is 3.60. The van der Waals surface area contributed by atoms with Crippen LogP contribution in [0.3, 0.4) is 0 Å². The lowest BCUT2D eigenvalue weighted by atomic mass is 10.2. The summed E-state index contributed by atoms with van der Waals surface area (Å²) in [6.45, 7) is 2.01. The molecule has 6 heteroatoms. The molecule has 1 N–H and O–H groups in total. The Kier molecular flexibility index (Phi) is 4.52. The first-order valence-electron chi connectivity index (χ1n) is 7.44. The van der Waals surface area contributed by atoms with E-state index < -0.39 is 0 Å². The number of aryl methyl sites for hydroxylation is 2. The Hall–Kier alpha value is -2.89. The zero-order chi connectivity index (χ0) is 16.1. The summed E-state index contributed by atoms with van der Waals surface area (Å²) in [6, 6.07) is 11.2. The Bertz CT molecular complexity index is 761. The van der Waals surface area contributed by atoms with Gasteiger partial charge in [-0.15, -0.1) is 0 Å². The topological polar surface area (TPSA) is 81.2 Å². The average Bonchev–Trinajstić information content (AvgIpc) is 3.20. The van der Waals surface area contributed by atoms with Crippen LogP contribution >= 0.6 is 0 Å². The van der Waals surface area contributed by atoms with Crippen molar-refractivity contribution in [2.75, 3.05) is 5.32 Å². The SMILES string of the molecule is Cc1ccc(NC(=O)CCCc2nc(-c3ccco3)no2)cc1. The van der Waals surface area contributed by atoms with Gasteiger partial charge in [-0.2, -0.15) is 4.98 Å². The number of carbonyl (C=O) groups is 1. The largest absolute Gasteiger partial charge is 0.461 e. The molecule has 1 amide bonds. The molecule has 3 aromatic rings. The highest BCUT2D eigenvalue weighted by atomic mass is 16.5. The molecule has 1 aromatic carbocycles. The first-order valence-corrected chi connectivity index (χ1v) is 7.44. The maximum absolute atomic E-state index is 11.9. The molecule has 0 atom stereocenters. The number of rotatable bonds is 6. The minimum absolute atomic E-state index is 0.0281. The lowest BCUT2D eigenvalue weighted by Gasteiger charge is -2.04. The number of aromatic nitrogens is 2. The zero-order valence-electron chi connectivity index (χ0n) is 12.8. The summed E-state index contributed by atoms with van der Waals surface area (Å²) in [5.41, 5.74) is 1.96. The van der Waals surface area contributed by atoms with Gasteiger partial charge in [0, 0.05) is 18.5 Å². The molecule has 0 spiro atoms. The van der Waals surface area contributed by atoms with Gasteiger partial charge in [0.25, 0.3) is 0 Å². The van der Waals surface area contributed by atoms with Crippen molar-refractivity contribution in [2.24, 2.45) is 0 Å². The van der Waals surface area contributed by atoms with E-state index >= 15 is 0 Å². The number of anilines is 1. The third-order valence-electron chi connectivity index (χ3n) is 3.34. The van der Waals surface area contributed by atoms with Gasteiger partial charge in [0.15, 0.2) is 5.76 Å². The normalized spacial score (nSPS) is 10.7. The molecule has 0 radical (unpaired) electrons. The minimum atomic E-state index is -0.0281. The number of hydrogen-bond donors (Lipinski definition) is 1. The summed E-state index contributed by atoms with van der Waals surface area (Å²) >= 11 is 0. The van der Waals surface area contributed by atoms with E-state index in [0.717, 1.165) is 11.3 Å². The standard InChI is InChI=1S/C17H17N3O3/c1-12-7-9-13(10-8-12)18-15(21)5-2-6-16-19-17(20-23-16)14-4-3-11-22-14/h3-4,7-11H,2,5-6H2,1H3,(H,18,21). The lowest BCUT2D eigenvalue weighted by molar-refractivity contribution is -0.116. The second-order valence-corrected chi connectivity index (χ2v) is 5.26. The van der Waals surface area contributed by atoms with E-state index in [1.165, 1.54) is 0 Å². The lowest BCUT2D eigenvalue weighted by Crippen LogP contribution is -2.11. The molecule has 3 rings (SSSR count). The van der Waals surface area contributed by atoms with E-state index in [-0.39, 0.29) is 5.91 Å². The highest BCUT2D eigenvalue weighted by Crippen LogP contribution is 2.16. The van der Waals surface area contributed by atoms with Gasteiger partial charge in [0.05, 0.1) is 6.26 Å². The summed E-state index contributed by atoms with van der Waals surface area (Å²) < 4.78 is 10.4. The Morgan fingerprint density at radius 3 is 2.78 bits per heavy atom. The molecular formula is C17H17N3O3. The summed E-state index contributed by atoms with van der Waals surface area (Å²) in [5.74, 6) is 1.46. The van der Waals surface area contributed by atoms with Crippen molar-refractivity contribution >= 4 is 11.6 Å². The van der Waals surface area contributed by atoms with E-state index in [2.05, 4.69) is 15.5 Å². The molecule has 0 aliphatic rings. The van der Waals surface area contributed by atoms with Crippen molar-refractivity contribution in [1.29, 1.82) is 0 Å². The molecular weight excluding hydrogens is 294 g/mol. The molecule has 0 unspecified atom stereocenters. The fourth-order valence-corrected chi connectivity index (χ4v) is 2.12. The van der Waals surface area contributed by atoms with Crippen LogP contribution in [0.1, 0.15) is 24.3 Å². The van der Waals surface area contributed by atoms with Crippen LogP contribution in [0.15, 0.2) is 51.6 Å². The summed E-state index contributed by atoms with van der Waals surface area (Å²) in [4.78, 5) is 16.1. The molecule has 23 heavy (non-hydrogen) atoms. The maximum Gasteiger partial charge on any atom is 0.238 e. The summed E-state index contributed by atoms with van der Waals surface area (Å²) in [5, 5.41) is 6.71. The van der Waals surface area contributed by atoms with Gasteiger partial charge in [-0.1, -0.05) is 22.9 Å². The fourth-order valence-electron chi connectivity index (χ4n) is 2.12. The van der Waals surface area contributed by atoms with Gasteiger partial charge in [0.1, 0.15) is 0 Å². The Balaban J connectivity index is 1.46. The van der Waals surface area contributed by atoms with Crippen LogP contribution in [0.4, 0.5) is 5.69 Å². The molecule has 2 heterocycles. The highest BCUT2D eigenvalue weighted by molar-refractivity contribution is 5.90. The predicted molar refractivity (Wildman–Crippen MR) is 84.7 cm³/mol. The zero-order valence-corrected chi connectivity index (χ0v) is 12.8. The van der Waals surface area contributed by atoms with Crippen molar-refractivity contribution < 1.29 is 13.7 Å². The molecule has 0 saturated heterocycles. The van der Waals surface area contributed by atoms with Crippen LogP contribution in [0.2, 0.25) is 0 Å². The Labute approximate surface area is 133 Å². The van der Waals surface area contributed by atoms with Crippen molar-refractivity contribution in [3.8, 4) is 11.6 Å². The van der Waals surface area contributed by atoms with Crippen LogP contribution in [0.25, 0.3) is 11.6 Å². The molecule has 0 aliphatic carbocycles. The monoisotopic (exact) mass is 311 g/mol. The fraction of sp³-hybridized carbons (Fsp3) is 0.235. The number of nitrogens with zero attached hydrogens (tertiary/aromatic N) is 2. The molecule has 0 fully saturated rings. The van der Waals surface area contributed by atoms with Gasteiger partial charge in [-0.05, 0) is 37.6 Å². The van der Waals surface area contributed by atoms with Gasteiger partial charge in [-0.3, -0.25) is 4.79 Å². The number of carbonyl (C=O) groups excluding carboxylic acids is 1. The van der Waals surface area contributed by atoms with Gasteiger partial charge in [-0.25, -0.2) is 0 Å². The minimum Gasteiger partial charge on any atom is -0.461 e. The molecule has 118 valence electrons. The van der Waals surface area contributed by atoms with Crippen LogP contribution in [-0.4, -0.2) is 16.0 Å². The van der Waals surface area contributed by atoms with E-state index in [1.807, 2.05) is 31.2 Å². The first-order chi connectivity index (χ1) is 11.2. The number of nitrogens with one attached hydrogen (secondary N) is 1. The van der Waals surface area contributed by atoms with Crippen molar-refractivity contribution in [3.63, 3.8) is 0 Å². The van der Waals surface area contributed by atoms with Gasteiger partial charge < -0.3 is 14.3 Å². The number of furan rings is 1. The van der Waals surface area contributed by atoms with E-state index in [9.17, 15) is 4.79 Å². The van der Waals surface area contributed by atoms with Crippen LogP contribution in [-0.2, 0) is 11.2 Å². The third-order valence-corrected chi connectivity index (χ3v) is 3.34. The maximum atomic E-state index is 11.9. The van der Waals surface area contributed by atoms with Gasteiger partial charge >= 0.3 is 0 Å². The quantitative estimate of drug-likeness (QED) is 0.752. The molecule has 2 aromatic heterocycles. The Morgan fingerprint density at radius 1 is 1.22 bits per heavy atom. The Morgan fingerprint density at radius 2 is 2.04 bits per heavy atom. The second kappa shape index (κ2) is 6.91. The highest BCUT2D eigenvalue weighted by Gasteiger charge is 2.11. The van der Waals surface area contributed by atoms with E-state index in [4.69, 9.17) is 8.94 Å². The number of benzene rings is 1. The second-order valence-electron chi connectivity index (χ2n) is 5.26. The number of amides is 1. The summed E-state index contributed by atoms with van der Waals surface area (Å²) in [7, 11) is 0. The molecule has 0 saturated carbocycles. The van der Waals surface area contributed by atoms with Crippen molar-refractivity contribution in [2.45, 2.75) is 26.2 Å². The van der Waals surface area contributed by atoms with E-state index in [0.29, 0.717) is 36.7 Å².